The lowest BCUT2D eigenvalue weighted by atomic mass is 10.0. The van der Waals surface area contributed by atoms with Gasteiger partial charge in [0, 0.05) is 6.61 Å². The Morgan fingerprint density at radius 3 is 3.08 bits per heavy atom. The lowest BCUT2D eigenvalue weighted by Crippen LogP contribution is -1.96. The van der Waals surface area contributed by atoms with Crippen molar-refractivity contribution in [2.75, 3.05) is 6.61 Å². The molecule has 1 aliphatic rings. The Morgan fingerprint density at radius 1 is 1.33 bits per heavy atom. The number of fused-ring (bicyclic) bond motifs is 1. The van der Waals surface area contributed by atoms with E-state index in [-0.39, 0.29) is 6.61 Å². The smallest absolute Gasteiger partial charge is 0.0727 e. The van der Waals surface area contributed by atoms with Crippen LogP contribution in [0.3, 0.4) is 0 Å². The molecule has 0 amide bonds. The summed E-state index contributed by atoms with van der Waals surface area (Å²) in [5.41, 5.74) is 3.79. The van der Waals surface area contributed by atoms with Crippen molar-refractivity contribution in [1.82, 2.24) is 0 Å². The number of aliphatic hydroxyl groups is 1. The average Bonchev–Trinajstić information content (AvgIpc) is 2.53. The Labute approximate surface area is 71.8 Å². The van der Waals surface area contributed by atoms with Gasteiger partial charge in [-0.2, -0.15) is 0 Å². The first kappa shape index (κ1) is 7.77. The van der Waals surface area contributed by atoms with Gasteiger partial charge in [-0.25, -0.2) is 0 Å². The van der Waals surface area contributed by atoms with Gasteiger partial charge in [-0.15, -0.1) is 0 Å². The summed E-state index contributed by atoms with van der Waals surface area (Å²) >= 11 is 0. The van der Waals surface area contributed by atoms with Crippen LogP contribution in [0.15, 0.2) is 18.2 Å². The third kappa shape index (κ3) is 1.24. The fourth-order valence-corrected chi connectivity index (χ4v) is 1.63. The molecule has 0 bridgehead atoms. The minimum atomic E-state index is 0.219. The van der Waals surface area contributed by atoms with Crippen LogP contribution in [0, 0.1) is 0 Å². The van der Waals surface area contributed by atoms with Crippen LogP contribution in [0.2, 0.25) is 0 Å². The number of hydrogen-bond acceptors (Lipinski definition) is 2. The second kappa shape index (κ2) is 3.25. The molecule has 2 heteroatoms. The average molecular weight is 164 g/mol. The summed E-state index contributed by atoms with van der Waals surface area (Å²) in [6.45, 7) is 1.66. The highest BCUT2D eigenvalue weighted by atomic mass is 16.5. The summed E-state index contributed by atoms with van der Waals surface area (Å²) in [6, 6.07) is 6.17. The summed E-state index contributed by atoms with van der Waals surface area (Å²) in [4.78, 5) is 0. The van der Waals surface area contributed by atoms with Gasteiger partial charge in [0.05, 0.1) is 13.2 Å². The van der Waals surface area contributed by atoms with Gasteiger partial charge >= 0.3 is 0 Å². The van der Waals surface area contributed by atoms with Crippen molar-refractivity contribution in [3.05, 3.63) is 34.9 Å². The fraction of sp³-hybridized carbons (Fsp3) is 0.400. The van der Waals surface area contributed by atoms with Gasteiger partial charge in [0.25, 0.3) is 0 Å². The van der Waals surface area contributed by atoms with Gasteiger partial charge in [0.15, 0.2) is 0 Å². The highest BCUT2D eigenvalue weighted by molar-refractivity contribution is 5.36. The summed E-state index contributed by atoms with van der Waals surface area (Å²) < 4.78 is 5.32. The third-order valence-electron chi connectivity index (χ3n) is 2.26. The van der Waals surface area contributed by atoms with Gasteiger partial charge in [-0.05, 0) is 23.1 Å². The van der Waals surface area contributed by atoms with Gasteiger partial charge < -0.3 is 9.84 Å². The molecule has 1 aromatic carbocycles. The molecule has 0 saturated carbocycles. The Morgan fingerprint density at radius 2 is 2.25 bits per heavy atom. The van der Waals surface area contributed by atoms with E-state index >= 15 is 0 Å². The molecule has 64 valence electrons. The highest BCUT2D eigenvalue weighted by Gasteiger charge is 2.13. The van der Waals surface area contributed by atoms with Crippen molar-refractivity contribution in [2.24, 2.45) is 0 Å². The molecule has 0 spiro atoms. The van der Waals surface area contributed by atoms with Crippen molar-refractivity contribution in [3.63, 3.8) is 0 Å². The molecule has 0 fully saturated rings. The molecule has 0 aromatic heterocycles. The molecular formula is C10H12O2. The van der Waals surface area contributed by atoms with Crippen LogP contribution in [0.4, 0.5) is 0 Å². The zero-order valence-corrected chi connectivity index (χ0v) is 6.92. The quantitative estimate of drug-likeness (QED) is 0.712. The zero-order chi connectivity index (χ0) is 8.39. The number of ether oxygens (including phenoxy) is 1. The van der Waals surface area contributed by atoms with Crippen LogP contribution in [-0.4, -0.2) is 11.7 Å². The van der Waals surface area contributed by atoms with Crippen LogP contribution in [-0.2, 0) is 24.4 Å². The van der Waals surface area contributed by atoms with Crippen LogP contribution >= 0.6 is 0 Å². The number of aliphatic hydroxyl groups excluding tert-OH is 1. The standard InChI is InChI=1S/C10H12O2/c11-5-4-8-2-1-3-9-6-12-7-10(8)9/h1-3,11H,4-7H2. The molecule has 1 aliphatic heterocycles. The molecule has 0 saturated heterocycles. The molecule has 2 nitrogen and oxygen atoms in total. The molecule has 0 radical (unpaired) electrons. The normalized spacial score (nSPS) is 14.8. The van der Waals surface area contributed by atoms with E-state index in [1.54, 1.807) is 0 Å². The lowest BCUT2D eigenvalue weighted by molar-refractivity contribution is 0.134. The lowest BCUT2D eigenvalue weighted by Gasteiger charge is -2.03. The van der Waals surface area contributed by atoms with Crippen LogP contribution in [0.25, 0.3) is 0 Å². The maximum absolute atomic E-state index is 8.81. The van der Waals surface area contributed by atoms with Crippen molar-refractivity contribution < 1.29 is 9.84 Å². The fourth-order valence-electron chi connectivity index (χ4n) is 1.63. The Kier molecular flexibility index (Phi) is 2.11. The Hall–Kier alpha value is -0.860. The van der Waals surface area contributed by atoms with E-state index in [0.717, 1.165) is 13.0 Å². The molecule has 0 aliphatic carbocycles. The van der Waals surface area contributed by atoms with Crippen molar-refractivity contribution in [2.45, 2.75) is 19.6 Å². The van der Waals surface area contributed by atoms with Gasteiger partial charge in [0.1, 0.15) is 0 Å². The number of benzene rings is 1. The second-order valence-electron chi connectivity index (χ2n) is 3.02. The molecule has 1 N–H and O–H groups in total. The van der Waals surface area contributed by atoms with E-state index in [2.05, 4.69) is 12.1 Å². The van der Waals surface area contributed by atoms with Crippen molar-refractivity contribution >= 4 is 0 Å². The number of rotatable bonds is 2. The van der Waals surface area contributed by atoms with E-state index in [1.807, 2.05) is 6.07 Å². The predicted molar refractivity (Wildman–Crippen MR) is 45.7 cm³/mol. The summed E-state index contributed by atoms with van der Waals surface area (Å²) in [6.07, 6.45) is 0.743. The Balaban J connectivity index is 2.36. The van der Waals surface area contributed by atoms with Gasteiger partial charge in [-0.3, -0.25) is 0 Å². The topological polar surface area (TPSA) is 29.5 Å². The molecule has 0 atom stereocenters. The summed E-state index contributed by atoms with van der Waals surface area (Å²) in [5.74, 6) is 0. The largest absolute Gasteiger partial charge is 0.396 e. The minimum Gasteiger partial charge on any atom is -0.396 e. The number of hydrogen-bond donors (Lipinski definition) is 1. The van der Waals surface area contributed by atoms with Gasteiger partial charge in [0.2, 0.25) is 0 Å². The predicted octanol–water partition coefficient (Wildman–Crippen LogP) is 1.25. The Bertz CT molecular complexity index is 281. The first-order valence-corrected chi connectivity index (χ1v) is 4.20. The summed E-state index contributed by atoms with van der Waals surface area (Å²) in [5, 5.41) is 8.81. The first-order valence-electron chi connectivity index (χ1n) is 4.20. The van der Waals surface area contributed by atoms with Crippen molar-refractivity contribution in [3.8, 4) is 0 Å². The minimum absolute atomic E-state index is 0.219. The van der Waals surface area contributed by atoms with E-state index in [4.69, 9.17) is 9.84 Å². The highest BCUT2D eigenvalue weighted by Crippen LogP contribution is 2.23. The SMILES string of the molecule is OCCc1cccc2c1COC2. The molecule has 1 heterocycles. The third-order valence-corrected chi connectivity index (χ3v) is 2.26. The van der Waals surface area contributed by atoms with Crippen LogP contribution in [0.1, 0.15) is 16.7 Å². The maximum Gasteiger partial charge on any atom is 0.0727 e. The maximum atomic E-state index is 8.81. The molecule has 1 aromatic rings. The monoisotopic (exact) mass is 164 g/mol. The molecule has 12 heavy (non-hydrogen) atoms. The molecule has 0 unspecified atom stereocenters. The van der Waals surface area contributed by atoms with Crippen molar-refractivity contribution in [1.29, 1.82) is 0 Å². The molecular weight excluding hydrogens is 152 g/mol. The van der Waals surface area contributed by atoms with Crippen LogP contribution < -0.4 is 0 Å². The van der Waals surface area contributed by atoms with E-state index in [9.17, 15) is 0 Å². The molecule has 2 rings (SSSR count). The van der Waals surface area contributed by atoms with Crippen LogP contribution in [0.5, 0.6) is 0 Å². The van der Waals surface area contributed by atoms with E-state index in [1.165, 1.54) is 16.7 Å². The van der Waals surface area contributed by atoms with Gasteiger partial charge in [-0.1, -0.05) is 18.2 Å². The second-order valence-corrected chi connectivity index (χ2v) is 3.02. The van der Waals surface area contributed by atoms with E-state index in [0.29, 0.717) is 6.61 Å². The zero-order valence-electron chi connectivity index (χ0n) is 6.92. The first-order chi connectivity index (χ1) is 5.92. The van der Waals surface area contributed by atoms with E-state index < -0.39 is 0 Å². The summed E-state index contributed by atoms with van der Waals surface area (Å²) in [7, 11) is 0.